The molecule has 0 aliphatic heterocycles. The molecule has 0 amide bonds. The molecule has 0 unspecified atom stereocenters. The van der Waals surface area contributed by atoms with Gasteiger partial charge in [-0.2, -0.15) is 5.10 Å². The van der Waals surface area contributed by atoms with Crippen molar-refractivity contribution in [3.63, 3.8) is 0 Å². The molecule has 2 N–H and O–H groups in total. The van der Waals surface area contributed by atoms with Crippen molar-refractivity contribution in [1.29, 1.82) is 0 Å². The summed E-state index contributed by atoms with van der Waals surface area (Å²) in [4.78, 5) is 14.4. The molecule has 2 rings (SSSR count). The lowest BCUT2D eigenvalue weighted by Gasteiger charge is -2.00. The van der Waals surface area contributed by atoms with Gasteiger partial charge in [-0.1, -0.05) is 36.0 Å². The molecule has 0 saturated carbocycles. The van der Waals surface area contributed by atoms with Crippen molar-refractivity contribution < 1.29 is 9.90 Å². The second-order valence-corrected chi connectivity index (χ2v) is 4.46. The molecule has 0 aliphatic rings. The van der Waals surface area contributed by atoms with Gasteiger partial charge in [-0.25, -0.2) is 9.78 Å². The van der Waals surface area contributed by atoms with E-state index in [4.69, 9.17) is 5.11 Å². The van der Waals surface area contributed by atoms with Gasteiger partial charge in [0, 0.05) is 11.8 Å². The summed E-state index contributed by atoms with van der Waals surface area (Å²) in [6.07, 6.45) is 4.17. The minimum absolute atomic E-state index is 0.754. The summed E-state index contributed by atoms with van der Waals surface area (Å²) < 4.78 is 0. The average molecular weight is 261 g/mol. The molecule has 1 heterocycles. The van der Waals surface area contributed by atoms with Crippen LogP contribution in [0.2, 0.25) is 0 Å². The van der Waals surface area contributed by atoms with Gasteiger partial charge in [0.15, 0.2) is 5.16 Å². The zero-order chi connectivity index (χ0) is 12.8. The highest BCUT2D eigenvalue weighted by atomic mass is 32.2. The molecule has 6 heteroatoms. The minimum Gasteiger partial charge on any atom is -0.478 e. The zero-order valence-corrected chi connectivity index (χ0v) is 10.2. The Balaban J connectivity index is 2.01. The number of carboxylic acid groups (broad SMARTS) is 1. The molecule has 2 aromatic rings. The zero-order valence-electron chi connectivity index (χ0n) is 9.41. The van der Waals surface area contributed by atoms with Gasteiger partial charge in [0.25, 0.3) is 0 Å². The van der Waals surface area contributed by atoms with Gasteiger partial charge in [-0.15, -0.1) is 0 Å². The molecule has 18 heavy (non-hydrogen) atoms. The van der Waals surface area contributed by atoms with Gasteiger partial charge in [-0.05, 0) is 17.2 Å². The molecule has 92 valence electrons. The van der Waals surface area contributed by atoms with Gasteiger partial charge >= 0.3 is 5.97 Å². The molecule has 1 aromatic carbocycles. The van der Waals surface area contributed by atoms with Crippen molar-refractivity contribution in [1.82, 2.24) is 15.2 Å². The van der Waals surface area contributed by atoms with Crippen LogP contribution in [0.1, 0.15) is 11.1 Å². The van der Waals surface area contributed by atoms with Crippen LogP contribution in [0.4, 0.5) is 0 Å². The van der Waals surface area contributed by atoms with Gasteiger partial charge in [-0.3, -0.25) is 5.10 Å². The molecule has 0 bridgehead atoms. The van der Waals surface area contributed by atoms with E-state index in [-0.39, 0.29) is 0 Å². The highest BCUT2D eigenvalue weighted by molar-refractivity contribution is 7.98. The fourth-order valence-electron chi connectivity index (χ4n) is 1.37. The minimum atomic E-state index is -0.948. The summed E-state index contributed by atoms with van der Waals surface area (Å²) in [6.45, 7) is 0. The Morgan fingerprint density at radius 1 is 1.50 bits per heavy atom. The topological polar surface area (TPSA) is 78.9 Å². The maximum Gasteiger partial charge on any atom is 0.328 e. The van der Waals surface area contributed by atoms with Gasteiger partial charge < -0.3 is 5.11 Å². The second-order valence-electron chi connectivity index (χ2n) is 3.50. The van der Waals surface area contributed by atoms with E-state index in [2.05, 4.69) is 15.2 Å². The number of benzene rings is 1. The molecule has 0 aliphatic carbocycles. The number of rotatable bonds is 5. The number of aromatic amines is 1. The van der Waals surface area contributed by atoms with E-state index in [9.17, 15) is 4.79 Å². The van der Waals surface area contributed by atoms with Crippen LogP contribution in [0.5, 0.6) is 0 Å². The summed E-state index contributed by atoms with van der Waals surface area (Å²) >= 11 is 1.54. The Kier molecular flexibility index (Phi) is 4.14. The highest BCUT2D eigenvalue weighted by Crippen LogP contribution is 2.19. The molecule has 0 fully saturated rings. The Hall–Kier alpha value is -2.08. The maximum absolute atomic E-state index is 10.4. The normalized spacial score (nSPS) is 10.9. The van der Waals surface area contributed by atoms with E-state index >= 15 is 0 Å². The Labute approximate surface area is 108 Å². The first-order chi connectivity index (χ1) is 8.74. The standard InChI is InChI=1S/C12H11N3O2S/c16-11(17)5-4-9-2-1-3-10(6-9)7-18-12-13-8-14-15-12/h1-6,8H,7H2,(H,16,17)(H,13,14,15). The first-order valence-electron chi connectivity index (χ1n) is 5.22. The lowest BCUT2D eigenvalue weighted by atomic mass is 10.1. The number of carbonyl (C=O) groups is 1. The van der Waals surface area contributed by atoms with E-state index in [1.807, 2.05) is 24.3 Å². The molecule has 0 radical (unpaired) electrons. The van der Waals surface area contributed by atoms with Gasteiger partial charge in [0.1, 0.15) is 6.33 Å². The Bertz CT molecular complexity index is 552. The summed E-state index contributed by atoms with van der Waals surface area (Å²) in [5.41, 5.74) is 1.97. The molecular formula is C12H11N3O2S. The van der Waals surface area contributed by atoms with E-state index in [1.165, 1.54) is 6.33 Å². The summed E-state index contributed by atoms with van der Waals surface area (Å²) in [5.74, 6) is -0.194. The van der Waals surface area contributed by atoms with Gasteiger partial charge in [0.2, 0.25) is 0 Å². The first kappa shape index (κ1) is 12.4. The average Bonchev–Trinajstić information content (AvgIpc) is 2.87. The summed E-state index contributed by atoms with van der Waals surface area (Å²) in [6, 6.07) is 7.70. The van der Waals surface area contributed by atoms with E-state index in [0.29, 0.717) is 0 Å². The number of nitrogens with one attached hydrogen (secondary N) is 1. The third kappa shape index (κ3) is 3.74. The number of hydrogen-bond donors (Lipinski definition) is 2. The van der Waals surface area contributed by atoms with Crippen molar-refractivity contribution in [2.45, 2.75) is 10.9 Å². The fourth-order valence-corrected chi connectivity index (χ4v) is 2.09. The van der Waals surface area contributed by atoms with Crippen molar-refractivity contribution in [3.05, 3.63) is 47.8 Å². The monoisotopic (exact) mass is 261 g/mol. The summed E-state index contributed by atoms with van der Waals surface area (Å²) in [7, 11) is 0. The lowest BCUT2D eigenvalue weighted by molar-refractivity contribution is -0.131. The van der Waals surface area contributed by atoms with Crippen LogP contribution >= 0.6 is 11.8 Å². The van der Waals surface area contributed by atoms with E-state index in [1.54, 1.807) is 17.8 Å². The predicted octanol–water partition coefficient (Wildman–Crippen LogP) is 2.19. The maximum atomic E-state index is 10.4. The number of carboxylic acids is 1. The van der Waals surface area contributed by atoms with Crippen LogP contribution in [-0.4, -0.2) is 26.3 Å². The van der Waals surface area contributed by atoms with Crippen LogP contribution < -0.4 is 0 Å². The lowest BCUT2D eigenvalue weighted by Crippen LogP contribution is -1.87. The molecule has 0 spiro atoms. The Morgan fingerprint density at radius 2 is 2.39 bits per heavy atom. The number of thioether (sulfide) groups is 1. The first-order valence-corrected chi connectivity index (χ1v) is 6.21. The number of nitrogens with zero attached hydrogens (tertiary/aromatic N) is 2. The van der Waals surface area contributed by atoms with Crippen LogP contribution in [0.25, 0.3) is 6.08 Å². The van der Waals surface area contributed by atoms with Crippen molar-refractivity contribution in [3.8, 4) is 0 Å². The van der Waals surface area contributed by atoms with Crippen LogP contribution in [0.3, 0.4) is 0 Å². The molecule has 1 aromatic heterocycles. The van der Waals surface area contributed by atoms with Crippen molar-refractivity contribution >= 4 is 23.8 Å². The fraction of sp³-hybridized carbons (Fsp3) is 0.0833. The third-order valence-corrected chi connectivity index (χ3v) is 3.09. The molecule has 0 atom stereocenters. The third-order valence-electron chi connectivity index (χ3n) is 2.14. The van der Waals surface area contributed by atoms with Crippen LogP contribution in [0, 0.1) is 0 Å². The van der Waals surface area contributed by atoms with Gasteiger partial charge in [0.05, 0.1) is 0 Å². The SMILES string of the molecule is O=C(O)C=Cc1cccc(CSc2ncn[nH]2)c1. The smallest absolute Gasteiger partial charge is 0.328 e. The van der Waals surface area contributed by atoms with E-state index < -0.39 is 5.97 Å². The number of H-pyrrole nitrogens is 1. The van der Waals surface area contributed by atoms with Crippen LogP contribution in [0.15, 0.2) is 41.8 Å². The quantitative estimate of drug-likeness (QED) is 0.637. The highest BCUT2D eigenvalue weighted by Gasteiger charge is 1.99. The second kappa shape index (κ2) is 6.02. The number of aromatic nitrogens is 3. The van der Waals surface area contributed by atoms with E-state index in [0.717, 1.165) is 28.1 Å². The Morgan fingerprint density at radius 3 is 3.11 bits per heavy atom. The van der Waals surface area contributed by atoms with Crippen molar-refractivity contribution in [2.24, 2.45) is 0 Å². The van der Waals surface area contributed by atoms with Crippen molar-refractivity contribution in [2.75, 3.05) is 0 Å². The van der Waals surface area contributed by atoms with Crippen LogP contribution in [-0.2, 0) is 10.5 Å². The largest absolute Gasteiger partial charge is 0.478 e. The predicted molar refractivity (Wildman–Crippen MR) is 69.1 cm³/mol. The molecule has 5 nitrogen and oxygen atoms in total. The number of aliphatic carboxylic acids is 1. The summed E-state index contributed by atoms with van der Waals surface area (Å²) in [5, 5.41) is 15.9. The molecule has 0 saturated heterocycles. The number of hydrogen-bond acceptors (Lipinski definition) is 4. The molecular weight excluding hydrogens is 250 g/mol.